The molecule has 3 amide bonds. The van der Waals surface area contributed by atoms with Crippen molar-refractivity contribution in [1.29, 1.82) is 0 Å². The number of piperazine rings is 1. The number of primary amides is 1. The normalized spacial score (nSPS) is 19.6. The monoisotopic (exact) mass is 284 g/mol. The van der Waals surface area contributed by atoms with Crippen LogP contribution in [0, 0.1) is 0 Å². The fourth-order valence-electron chi connectivity index (χ4n) is 2.15. The summed E-state index contributed by atoms with van der Waals surface area (Å²) in [5.41, 5.74) is 4.43. The third-order valence-corrected chi connectivity index (χ3v) is 3.34. The summed E-state index contributed by atoms with van der Waals surface area (Å²) in [4.78, 5) is 36.2. The Labute approximate surface area is 119 Å². The van der Waals surface area contributed by atoms with E-state index in [1.807, 2.05) is 6.92 Å². The van der Waals surface area contributed by atoms with E-state index in [-0.39, 0.29) is 36.7 Å². The smallest absolute Gasteiger partial charge is 0.242 e. The van der Waals surface area contributed by atoms with Crippen LogP contribution in [0.15, 0.2) is 0 Å². The minimum Gasteiger partial charge on any atom is -0.370 e. The lowest BCUT2D eigenvalue weighted by molar-refractivity contribution is -0.143. The fraction of sp³-hybridized carbons (Fsp3) is 0.769. The van der Waals surface area contributed by atoms with Crippen LogP contribution in [0.25, 0.3) is 0 Å². The molecule has 0 bridgehead atoms. The molecule has 4 N–H and O–H groups in total. The quantitative estimate of drug-likeness (QED) is 0.580. The highest BCUT2D eigenvalue weighted by Gasteiger charge is 2.35. The molecule has 0 saturated carbocycles. The Morgan fingerprint density at radius 3 is 2.75 bits per heavy atom. The summed E-state index contributed by atoms with van der Waals surface area (Å²) in [5.74, 6) is -0.679. The first-order chi connectivity index (χ1) is 9.22. The van der Waals surface area contributed by atoms with Crippen molar-refractivity contribution in [2.75, 3.05) is 19.6 Å². The maximum atomic E-state index is 12.1. The molecule has 0 aliphatic carbocycles. The number of hydrogen-bond donors (Lipinski definition) is 3. The highest BCUT2D eigenvalue weighted by Crippen LogP contribution is 2.11. The van der Waals surface area contributed by atoms with Gasteiger partial charge >= 0.3 is 0 Å². The highest BCUT2D eigenvalue weighted by atomic mass is 16.2. The number of amides is 3. The first kappa shape index (κ1) is 16.4. The second-order valence-electron chi connectivity index (χ2n) is 5.75. The molecule has 1 unspecified atom stereocenters. The second kappa shape index (κ2) is 6.69. The fourth-order valence-corrected chi connectivity index (χ4v) is 2.15. The van der Waals surface area contributed by atoms with Crippen molar-refractivity contribution in [3.63, 3.8) is 0 Å². The zero-order valence-corrected chi connectivity index (χ0v) is 12.4. The van der Waals surface area contributed by atoms with Crippen molar-refractivity contribution in [2.45, 2.75) is 45.2 Å². The lowest BCUT2D eigenvalue weighted by atomic mass is 10.0. The zero-order chi connectivity index (χ0) is 15.3. The van der Waals surface area contributed by atoms with Crippen LogP contribution in [0.1, 0.15) is 33.6 Å². The van der Waals surface area contributed by atoms with Crippen molar-refractivity contribution < 1.29 is 14.4 Å². The summed E-state index contributed by atoms with van der Waals surface area (Å²) in [7, 11) is 0. The molecule has 1 aliphatic rings. The molecule has 1 aliphatic heterocycles. The first-order valence-electron chi connectivity index (χ1n) is 6.84. The Morgan fingerprint density at radius 2 is 2.15 bits per heavy atom. The van der Waals surface area contributed by atoms with Crippen LogP contribution in [0.4, 0.5) is 0 Å². The molecule has 20 heavy (non-hydrogen) atoms. The zero-order valence-electron chi connectivity index (χ0n) is 12.4. The standard InChI is InChI=1S/C13H24N4O3/c1-9(4-5-10(14)18)16-11(19)8-17-7-6-15-13(2,3)12(17)20/h9,15H,4-8H2,1-3H3,(H2,14,18)(H,16,19). The van der Waals surface area contributed by atoms with Crippen LogP contribution in [-0.2, 0) is 14.4 Å². The van der Waals surface area contributed by atoms with E-state index in [0.717, 1.165) is 0 Å². The van der Waals surface area contributed by atoms with Gasteiger partial charge in [0.2, 0.25) is 17.7 Å². The summed E-state index contributed by atoms with van der Waals surface area (Å²) in [6, 6.07) is -0.138. The number of hydrogen-bond acceptors (Lipinski definition) is 4. The Balaban J connectivity index is 2.42. The average Bonchev–Trinajstić information content (AvgIpc) is 2.32. The van der Waals surface area contributed by atoms with Gasteiger partial charge in [-0.2, -0.15) is 0 Å². The maximum absolute atomic E-state index is 12.1. The molecule has 0 aromatic carbocycles. The molecule has 0 aromatic rings. The molecular weight excluding hydrogens is 260 g/mol. The molecule has 1 atom stereocenters. The van der Waals surface area contributed by atoms with E-state index < -0.39 is 5.54 Å². The molecule has 1 rings (SSSR count). The Morgan fingerprint density at radius 1 is 1.50 bits per heavy atom. The molecule has 114 valence electrons. The summed E-state index contributed by atoms with van der Waals surface area (Å²) >= 11 is 0. The molecular formula is C13H24N4O3. The van der Waals surface area contributed by atoms with Crippen molar-refractivity contribution in [3.05, 3.63) is 0 Å². The summed E-state index contributed by atoms with van der Waals surface area (Å²) in [6.45, 7) is 6.65. The number of nitrogens with one attached hydrogen (secondary N) is 2. The van der Waals surface area contributed by atoms with Crippen molar-refractivity contribution in [2.24, 2.45) is 5.73 Å². The van der Waals surface area contributed by atoms with Crippen LogP contribution in [0.2, 0.25) is 0 Å². The van der Waals surface area contributed by atoms with Gasteiger partial charge < -0.3 is 21.3 Å². The van der Waals surface area contributed by atoms with Crippen LogP contribution in [0.5, 0.6) is 0 Å². The molecule has 0 radical (unpaired) electrons. The summed E-state index contributed by atoms with van der Waals surface area (Å²) < 4.78 is 0. The van der Waals surface area contributed by atoms with E-state index in [0.29, 0.717) is 19.5 Å². The van der Waals surface area contributed by atoms with Gasteiger partial charge in [-0.1, -0.05) is 0 Å². The van der Waals surface area contributed by atoms with E-state index >= 15 is 0 Å². The van der Waals surface area contributed by atoms with E-state index in [4.69, 9.17) is 5.73 Å². The minimum absolute atomic E-state index is 0.0465. The van der Waals surface area contributed by atoms with Gasteiger partial charge in [-0.3, -0.25) is 14.4 Å². The number of rotatable bonds is 6. The van der Waals surface area contributed by atoms with E-state index in [9.17, 15) is 14.4 Å². The van der Waals surface area contributed by atoms with Gasteiger partial charge in [0.25, 0.3) is 0 Å². The number of carbonyl (C=O) groups is 3. The first-order valence-corrected chi connectivity index (χ1v) is 6.84. The summed E-state index contributed by atoms with van der Waals surface area (Å²) in [5, 5.41) is 5.88. The van der Waals surface area contributed by atoms with Gasteiger partial charge in [-0.15, -0.1) is 0 Å². The lowest BCUT2D eigenvalue weighted by Gasteiger charge is -2.37. The van der Waals surface area contributed by atoms with Crippen LogP contribution >= 0.6 is 0 Å². The highest BCUT2D eigenvalue weighted by molar-refractivity contribution is 5.90. The van der Waals surface area contributed by atoms with Crippen molar-refractivity contribution in [1.82, 2.24) is 15.5 Å². The predicted molar refractivity (Wildman–Crippen MR) is 74.7 cm³/mol. The maximum Gasteiger partial charge on any atom is 0.242 e. The van der Waals surface area contributed by atoms with Gasteiger partial charge in [0.05, 0.1) is 12.1 Å². The predicted octanol–water partition coefficient (Wildman–Crippen LogP) is -1.03. The van der Waals surface area contributed by atoms with Gasteiger partial charge in [0.1, 0.15) is 0 Å². The van der Waals surface area contributed by atoms with Crippen molar-refractivity contribution >= 4 is 17.7 Å². The van der Waals surface area contributed by atoms with E-state index in [1.54, 1.807) is 18.7 Å². The lowest BCUT2D eigenvalue weighted by Crippen LogP contribution is -2.62. The van der Waals surface area contributed by atoms with Crippen molar-refractivity contribution in [3.8, 4) is 0 Å². The third kappa shape index (κ3) is 4.80. The molecule has 1 fully saturated rings. The van der Waals surface area contributed by atoms with Gasteiger partial charge in [-0.25, -0.2) is 0 Å². The number of carbonyl (C=O) groups excluding carboxylic acids is 3. The van der Waals surface area contributed by atoms with Crippen LogP contribution in [-0.4, -0.2) is 53.8 Å². The Bertz CT molecular complexity index is 395. The molecule has 7 heteroatoms. The van der Waals surface area contributed by atoms with Crippen LogP contribution < -0.4 is 16.4 Å². The molecule has 0 aromatic heterocycles. The second-order valence-corrected chi connectivity index (χ2v) is 5.75. The van der Waals surface area contributed by atoms with Gasteiger partial charge in [-0.05, 0) is 27.2 Å². The third-order valence-electron chi connectivity index (χ3n) is 3.34. The Kier molecular flexibility index (Phi) is 5.50. The minimum atomic E-state index is -0.629. The topological polar surface area (TPSA) is 105 Å². The SMILES string of the molecule is CC(CCC(N)=O)NC(=O)CN1CCNC(C)(C)C1=O. The molecule has 7 nitrogen and oxygen atoms in total. The van der Waals surface area contributed by atoms with Gasteiger partial charge in [0, 0.05) is 25.6 Å². The van der Waals surface area contributed by atoms with Gasteiger partial charge in [0.15, 0.2) is 0 Å². The molecule has 1 saturated heterocycles. The Hall–Kier alpha value is -1.63. The largest absolute Gasteiger partial charge is 0.370 e. The average molecular weight is 284 g/mol. The van der Waals surface area contributed by atoms with E-state index in [1.165, 1.54) is 0 Å². The number of nitrogens with two attached hydrogens (primary N) is 1. The van der Waals surface area contributed by atoms with Crippen LogP contribution in [0.3, 0.4) is 0 Å². The van der Waals surface area contributed by atoms with E-state index in [2.05, 4.69) is 10.6 Å². The summed E-state index contributed by atoms with van der Waals surface area (Å²) in [6.07, 6.45) is 0.739. The number of nitrogens with zero attached hydrogens (tertiary/aromatic N) is 1. The molecule has 1 heterocycles. The molecule has 0 spiro atoms.